The van der Waals surface area contributed by atoms with Crippen molar-refractivity contribution in [3.63, 3.8) is 0 Å². The Hall–Kier alpha value is -1.41. The van der Waals surface area contributed by atoms with Crippen LogP contribution in [-0.4, -0.2) is 42.2 Å². The maximum Gasteiger partial charge on any atom is 0.237 e. The lowest BCUT2D eigenvalue weighted by atomic mass is 10.2. The molecule has 19 heavy (non-hydrogen) atoms. The molecule has 0 aliphatic rings. The molecule has 1 heterocycles. The maximum absolute atomic E-state index is 11.7. The highest BCUT2D eigenvalue weighted by Crippen LogP contribution is 2.04. The molecule has 0 radical (unpaired) electrons. The molecule has 0 saturated heterocycles. The van der Waals surface area contributed by atoms with Crippen LogP contribution in [0.15, 0.2) is 6.20 Å². The van der Waals surface area contributed by atoms with Gasteiger partial charge in [0.2, 0.25) is 5.91 Å². The van der Waals surface area contributed by atoms with Crippen molar-refractivity contribution in [3.8, 4) is 0 Å². The molecule has 1 aromatic heterocycles. The van der Waals surface area contributed by atoms with Crippen LogP contribution in [0.25, 0.3) is 0 Å². The predicted molar refractivity (Wildman–Crippen MR) is 72.1 cm³/mol. The summed E-state index contributed by atoms with van der Waals surface area (Å²) in [5.41, 5.74) is 7.38. The van der Waals surface area contributed by atoms with E-state index in [2.05, 4.69) is 10.4 Å². The zero-order valence-electron chi connectivity index (χ0n) is 11.4. The summed E-state index contributed by atoms with van der Waals surface area (Å²) >= 11 is 0. The number of nitrogens with one attached hydrogen (secondary N) is 1. The summed E-state index contributed by atoms with van der Waals surface area (Å²) in [7, 11) is -1.29. The van der Waals surface area contributed by atoms with Crippen molar-refractivity contribution in [1.82, 2.24) is 15.1 Å². The van der Waals surface area contributed by atoms with Gasteiger partial charge in [-0.3, -0.25) is 9.48 Å². The first-order valence-corrected chi connectivity index (χ1v) is 7.95. The molecule has 1 unspecified atom stereocenters. The first-order chi connectivity index (χ1) is 8.69. The molecule has 0 aliphatic heterocycles. The quantitative estimate of drug-likeness (QED) is 0.706. The molecule has 7 nitrogen and oxygen atoms in total. The molecule has 1 atom stereocenters. The van der Waals surface area contributed by atoms with Crippen LogP contribution in [-0.2, 0) is 28.2 Å². The summed E-state index contributed by atoms with van der Waals surface area (Å²) in [6, 6.07) is -0.813. The molecule has 0 fully saturated rings. The van der Waals surface area contributed by atoms with Crippen LogP contribution in [0.5, 0.6) is 0 Å². The van der Waals surface area contributed by atoms with Gasteiger partial charge in [0.25, 0.3) is 0 Å². The molecule has 1 aromatic rings. The monoisotopic (exact) mass is 288 g/mol. The molecular weight excluding hydrogens is 268 g/mol. The number of sulfone groups is 1. The van der Waals surface area contributed by atoms with E-state index in [-0.39, 0.29) is 18.1 Å². The minimum atomic E-state index is -3.10. The first kappa shape index (κ1) is 15.6. The second-order valence-corrected chi connectivity index (χ2v) is 6.92. The number of carbonyl (C=O) groups excluding carboxylic acids is 1. The summed E-state index contributed by atoms with van der Waals surface area (Å²) in [5.74, 6) is -0.444. The van der Waals surface area contributed by atoms with Crippen LogP contribution in [0, 0.1) is 6.92 Å². The number of nitrogens with zero attached hydrogens (tertiary/aromatic N) is 2. The normalized spacial score (nSPS) is 13.3. The molecule has 1 rings (SSSR count). The van der Waals surface area contributed by atoms with Crippen LogP contribution in [0.2, 0.25) is 0 Å². The van der Waals surface area contributed by atoms with Gasteiger partial charge in [-0.25, -0.2) is 8.42 Å². The fourth-order valence-corrected chi connectivity index (χ4v) is 2.29. The van der Waals surface area contributed by atoms with Crippen LogP contribution in [0.4, 0.5) is 0 Å². The van der Waals surface area contributed by atoms with Crippen molar-refractivity contribution in [1.29, 1.82) is 0 Å². The largest absolute Gasteiger partial charge is 0.351 e. The Balaban J connectivity index is 2.45. The van der Waals surface area contributed by atoms with E-state index in [1.54, 1.807) is 11.7 Å². The lowest BCUT2D eigenvalue weighted by Crippen LogP contribution is -2.41. The molecule has 8 heteroatoms. The Bertz CT molecular complexity index is 550. The highest BCUT2D eigenvalue weighted by molar-refractivity contribution is 7.90. The van der Waals surface area contributed by atoms with Gasteiger partial charge in [-0.1, -0.05) is 0 Å². The van der Waals surface area contributed by atoms with Gasteiger partial charge in [-0.05, 0) is 13.3 Å². The Morgan fingerprint density at radius 1 is 1.58 bits per heavy atom. The second kappa shape index (κ2) is 6.16. The Morgan fingerprint density at radius 3 is 2.68 bits per heavy atom. The van der Waals surface area contributed by atoms with E-state index < -0.39 is 15.9 Å². The molecule has 108 valence electrons. The van der Waals surface area contributed by atoms with Crippen molar-refractivity contribution < 1.29 is 13.2 Å². The van der Waals surface area contributed by atoms with Gasteiger partial charge in [-0.15, -0.1) is 0 Å². The Morgan fingerprint density at radius 2 is 2.21 bits per heavy atom. The summed E-state index contributed by atoms with van der Waals surface area (Å²) in [5, 5.41) is 6.83. The zero-order valence-corrected chi connectivity index (χ0v) is 12.2. The number of aromatic nitrogens is 2. The number of rotatable bonds is 6. The van der Waals surface area contributed by atoms with Gasteiger partial charge in [0.1, 0.15) is 9.84 Å². The number of carbonyl (C=O) groups is 1. The van der Waals surface area contributed by atoms with E-state index in [1.807, 2.05) is 13.1 Å². The summed E-state index contributed by atoms with van der Waals surface area (Å²) in [6.45, 7) is 2.19. The third kappa shape index (κ3) is 5.39. The van der Waals surface area contributed by atoms with Crippen molar-refractivity contribution >= 4 is 15.7 Å². The molecule has 0 bridgehead atoms. The standard InChI is InChI=1S/C11H20N4O3S/c1-8-9(7-15(2)14-8)6-13-11(16)10(12)4-5-19(3,17)18/h7,10H,4-6,12H2,1-3H3,(H,13,16). The van der Waals surface area contributed by atoms with E-state index in [0.29, 0.717) is 6.54 Å². The van der Waals surface area contributed by atoms with Crippen molar-refractivity contribution in [2.45, 2.75) is 25.9 Å². The highest BCUT2D eigenvalue weighted by atomic mass is 32.2. The van der Waals surface area contributed by atoms with Crippen LogP contribution in [0.1, 0.15) is 17.7 Å². The molecule has 3 N–H and O–H groups in total. The number of hydrogen-bond donors (Lipinski definition) is 2. The molecule has 0 aromatic carbocycles. The third-order valence-electron chi connectivity index (χ3n) is 2.70. The summed E-state index contributed by atoms with van der Waals surface area (Å²) in [4.78, 5) is 11.7. The van der Waals surface area contributed by atoms with Crippen LogP contribution >= 0.6 is 0 Å². The maximum atomic E-state index is 11.7. The van der Waals surface area contributed by atoms with E-state index in [9.17, 15) is 13.2 Å². The smallest absolute Gasteiger partial charge is 0.237 e. The lowest BCUT2D eigenvalue weighted by molar-refractivity contribution is -0.122. The zero-order chi connectivity index (χ0) is 14.6. The van der Waals surface area contributed by atoms with E-state index >= 15 is 0 Å². The molecule has 1 amide bonds. The Kier molecular flexibility index (Phi) is 5.07. The number of hydrogen-bond acceptors (Lipinski definition) is 5. The molecule has 0 saturated carbocycles. The number of aryl methyl sites for hydroxylation is 2. The average Bonchev–Trinajstić information content (AvgIpc) is 2.60. The fraction of sp³-hybridized carbons (Fsp3) is 0.636. The van der Waals surface area contributed by atoms with Crippen LogP contribution in [0.3, 0.4) is 0 Å². The van der Waals surface area contributed by atoms with Crippen molar-refractivity contribution in [3.05, 3.63) is 17.5 Å². The van der Waals surface area contributed by atoms with E-state index in [0.717, 1.165) is 17.5 Å². The number of amides is 1. The Labute approximate surface area is 113 Å². The van der Waals surface area contributed by atoms with Gasteiger partial charge >= 0.3 is 0 Å². The van der Waals surface area contributed by atoms with Gasteiger partial charge in [0.05, 0.1) is 17.5 Å². The van der Waals surface area contributed by atoms with Gasteiger partial charge in [0, 0.05) is 31.6 Å². The van der Waals surface area contributed by atoms with Gasteiger partial charge < -0.3 is 11.1 Å². The summed E-state index contributed by atoms with van der Waals surface area (Å²) in [6.07, 6.45) is 3.06. The third-order valence-corrected chi connectivity index (χ3v) is 3.68. The predicted octanol–water partition coefficient (Wildman–Crippen LogP) is -0.893. The highest BCUT2D eigenvalue weighted by Gasteiger charge is 2.16. The minimum absolute atomic E-state index is 0.0898. The number of nitrogens with two attached hydrogens (primary N) is 1. The molecular formula is C11H20N4O3S. The minimum Gasteiger partial charge on any atom is -0.351 e. The topological polar surface area (TPSA) is 107 Å². The first-order valence-electron chi connectivity index (χ1n) is 5.89. The molecule has 0 aliphatic carbocycles. The van der Waals surface area contributed by atoms with Gasteiger partial charge in [-0.2, -0.15) is 5.10 Å². The lowest BCUT2D eigenvalue weighted by Gasteiger charge is -2.11. The van der Waals surface area contributed by atoms with Crippen LogP contribution < -0.4 is 11.1 Å². The second-order valence-electron chi connectivity index (χ2n) is 4.66. The summed E-state index contributed by atoms with van der Waals surface area (Å²) < 4.78 is 23.6. The van der Waals surface area contributed by atoms with E-state index in [4.69, 9.17) is 5.73 Å². The fourth-order valence-electron chi connectivity index (χ4n) is 1.61. The van der Waals surface area contributed by atoms with Gasteiger partial charge in [0.15, 0.2) is 0 Å². The molecule has 0 spiro atoms. The SMILES string of the molecule is Cc1nn(C)cc1CNC(=O)C(N)CCS(C)(=O)=O. The van der Waals surface area contributed by atoms with Crippen molar-refractivity contribution in [2.24, 2.45) is 12.8 Å². The average molecular weight is 288 g/mol. The van der Waals surface area contributed by atoms with Crippen molar-refractivity contribution in [2.75, 3.05) is 12.0 Å². The van der Waals surface area contributed by atoms with E-state index in [1.165, 1.54) is 0 Å².